The summed E-state index contributed by atoms with van der Waals surface area (Å²) in [5.74, 6) is -0.994. The van der Waals surface area contributed by atoms with Gasteiger partial charge >= 0.3 is 12.1 Å². The first-order chi connectivity index (χ1) is 12.5. The molecule has 6 nitrogen and oxygen atoms in total. The molecule has 1 aromatic carbocycles. The van der Waals surface area contributed by atoms with E-state index in [1.54, 1.807) is 12.1 Å². The van der Waals surface area contributed by atoms with Gasteiger partial charge in [0.25, 0.3) is 0 Å². The van der Waals surface area contributed by atoms with E-state index in [2.05, 4.69) is 31.0 Å². The van der Waals surface area contributed by atoms with Gasteiger partial charge in [-0.2, -0.15) is 0 Å². The molecular formula is C20H32N2O4. The molecule has 1 atom stereocenters. The Morgan fingerprint density at radius 2 is 1.73 bits per heavy atom. The molecule has 1 amide bonds. The molecule has 0 heterocycles. The zero-order valence-electron chi connectivity index (χ0n) is 16.2. The molecule has 0 saturated heterocycles. The molecule has 2 N–H and O–H groups in total. The molecule has 0 saturated carbocycles. The molecule has 0 bridgehead atoms. The lowest BCUT2D eigenvalue weighted by molar-refractivity contribution is 0.0696. The summed E-state index contributed by atoms with van der Waals surface area (Å²) in [6.45, 7) is 9.29. The highest BCUT2D eigenvalue weighted by Gasteiger charge is 2.16. The van der Waals surface area contributed by atoms with Crippen molar-refractivity contribution in [2.75, 3.05) is 25.0 Å². The number of anilines is 1. The number of hydrogen-bond acceptors (Lipinski definition) is 4. The first-order valence-electron chi connectivity index (χ1n) is 9.53. The summed E-state index contributed by atoms with van der Waals surface area (Å²) in [7, 11) is 0. The maximum Gasteiger partial charge on any atom is 0.411 e. The van der Waals surface area contributed by atoms with Crippen molar-refractivity contribution in [3.8, 4) is 0 Å². The van der Waals surface area contributed by atoms with Crippen molar-refractivity contribution in [1.29, 1.82) is 0 Å². The molecule has 0 radical (unpaired) electrons. The third-order valence-corrected chi connectivity index (χ3v) is 4.44. The van der Waals surface area contributed by atoms with Gasteiger partial charge in [-0.15, -0.1) is 0 Å². The van der Waals surface area contributed by atoms with Gasteiger partial charge in [-0.1, -0.05) is 33.6 Å². The van der Waals surface area contributed by atoms with Crippen LogP contribution in [0.15, 0.2) is 24.3 Å². The normalized spacial score (nSPS) is 12.0. The number of carbonyl (C=O) groups is 2. The number of benzene rings is 1. The van der Waals surface area contributed by atoms with Gasteiger partial charge in [-0.05, 0) is 56.6 Å². The van der Waals surface area contributed by atoms with Crippen molar-refractivity contribution in [2.24, 2.45) is 0 Å². The lowest BCUT2D eigenvalue weighted by Crippen LogP contribution is -2.30. The van der Waals surface area contributed by atoms with Crippen LogP contribution in [0.2, 0.25) is 0 Å². The Morgan fingerprint density at radius 3 is 2.27 bits per heavy atom. The van der Waals surface area contributed by atoms with E-state index in [0.717, 1.165) is 51.7 Å². The van der Waals surface area contributed by atoms with Gasteiger partial charge in [0.15, 0.2) is 0 Å². The predicted octanol–water partition coefficient (Wildman–Crippen LogP) is 4.61. The molecule has 26 heavy (non-hydrogen) atoms. The number of aromatic carboxylic acids is 1. The van der Waals surface area contributed by atoms with Gasteiger partial charge in [-0.25, -0.2) is 9.59 Å². The smallest absolute Gasteiger partial charge is 0.411 e. The second-order valence-corrected chi connectivity index (χ2v) is 6.35. The fraction of sp³-hybridized carbons (Fsp3) is 0.600. The Kier molecular flexibility index (Phi) is 10.4. The quantitative estimate of drug-likeness (QED) is 0.529. The Balaban J connectivity index is 2.57. The Hall–Kier alpha value is -2.08. The number of amides is 1. The van der Waals surface area contributed by atoms with E-state index in [4.69, 9.17) is 9.84 Å². The van der Waals surface area contributed by atoms with Gasteiger partial charge < -0.3 is 14.7 Å². The molecule has 1 unspecified atom stereocenters. The highest BCUT2D eigenvalue weighted by molar-refractivity contribution is 5.89. The standard InChI is InChI=1S/C20H32N2O4/c1-4-7-8-9-18(14-15-22(5-2)6-3)26-20(25)21-17-12-10-16(11-13-17)19(23)24/h10-13,18H,4-9,14-15H2,1-3H3,(H,21,25)(H,23,24). The fourth-order valence-corrected chi connectivity index (χ4v) is 2.75. The van der Waals surface area contributed by atoms with Crippen LogP contribution in [0, 0.1) is 0 Å². The average Bonchev–Trinajstić information content (AvgIpc) is 2.62. The highest BCUT2D eigenvalue weighted by atomic mass is 16.6. The third kappa shape index (κ3) is 8.34. The van der Waals surface area contributed by atoms with Gasteiger partial charge in [0.1, 0.15) is 6.10 Å². The fourth-order valence-electron chi connectivity index (χ4n) is 2.75. The Bertz CT molecular complexity index is 541. The minimum Gasteiger partial charge on any atom is -0.478 e. The van der Waals surface area contributed by atoms with E-state index >= 15 is 0 Å². The van der Waals surface area contributed by atoms with E-state index in [1.165, 1.54) is 12.1 Å². The number of ether oxygens (including phenoxy) is 1. The molecule has 6 heteroatoms. The Morgan fingerprint density at radius 1 is 1.08 bits per heavy atom. The van der Waals surface area contributed by atoms with E-state index in [-0.39, 0.29) is 11.7 Å². The summed E-state index contributed by atoms with van der Waals surface area (Å²) in [6, 6.07) is 6.04. The molecule has 0 aromatic heterocycles. The molecule has 146 valence electrons. The number of nitrogens with one attached hydrogen (secondary N) is 1. The van der Waals surface area contributed by atoms with Crippen LogP contribution in [-0.2, 0) is 4.74 Å². The van der Waals surface area contributed by atoms with Crippen LogP contribution < -0.4 is 5.32 Å². The zero-order chi connectivity index (χ0) is 19.4. The summed E-state index contributed by atoms with van der Waals surface area (Å²) in [6.07, 6.45) is 4.38. The zero-order valence-corrected chi connectivity index (χ0v) is 16.2. The Labute approximate surface area is 156 Å². The molecule has 1 aromatic rings. The van der Waals surface area contributed by atoms with E-state index < -0.39 is 12.1 Å². The third-order valence-electron chi connectivity index (χ3n) is 4.44. The van der Waals surface area contributed by atoms with E-state index in [9.17, 15) is 9.59 Å². The second-order valence-electron chi connectivity index (χ2n) is 6.35. The second kappa shape index (κ2) is 12.3. The number of hydrogen-bond donors (Lipinski definition) is 2. The summed E-state index contributed by atoms with van der Waals surface area (Å²) < 4.78 is 5.63. The number of carboxylic acid groups (broad SMARTS) is 1. The van der Waals surface area contributed by atoms with Crippen LogP contribution in [0.25, 0.3) is 0 Å². The van der Waals surface area contributed by atoms with Gasteiger partial charge in [0, 0.05) is 12.2 Å². The minimum atomic E-state index is -0.994. The van der Waals surface area contributed by atoms with Gasteiger partial charge in [-0.3, -0.25) is 5.32 Å². The summed E-state index contributed by atoms with van der Waals surface area (Å²) >= 11 is 0. The van der Waals surface area contributed by atoms with Gasteiger partial charge in [0.2, 0.25) is 0 Å². The SMILES string of the molecule is CCCCCC(CCN(CC)CC)OC(=O)Nc1ccc(C(=O)O)cc1. The number of carboxylic acids is 1. The van der Waals surface area contributed by atoms with E-state index in [1.807, 2.05) is 0 Å². The largest absolute Gasteiger partial charge is 0.478 e. The van der Waals surface area contributed by atoms with Crippen molar-refractivity contribution in [2.45, 2.75) is 59.0 Å². The summed E-state index contributed by atoms with van der Waals surface area (Å²) in [5.41, 5.74) is 0.705. The lowest BCUT2D eigenvalue weighted by atomic mass is 10.1. The molecule has 0 fully saturated rings. The maximum absolute atomic E-state index is 12.2. The average molecular weight is 364 g/mol. The van der Waals surface area contributed by atoms with Crippen molar-refractivity contribution in [3.05, 3.63) is 29.8 Å². The van der Waals surface area contributed by atoms with Crippen LogP contribution in [0.5, 0.6) is 0 Å². The lowest BCUT2D eigenvalue weighted by Gasteiger charge is -2.23. The molecule has 0 aliphatic heterocycles. The van der Waals surface area contributed by atoms with Crippen molar-refractivity contribution in [3.63, 3.8) is 0 Å². The first kappa shape index (κ1) is 22.0. The summed E-state index contributed by atoms with van der Waals surface area (Å²) in [4.78, 5) is 25.4. The van der Waals surface area contributed by atoms with E-state index in [0.29, 0.717) is 5.69 Å². The topological polar surface area (TPSA) is 78.9 Å². The molecule has 0 aliphatic carbocycles. The number of nitrogens with zero attached hydrogens (tertiary/aromatic N) is 1. The minimum absolute atomic E-state index is 0.111. The van der Waals surface area contributed by atoms with Crippen molar-refractivity contribution >= 4 is 17.7 Å². The van der Waals surface area contributed by atoms with Crippen LogP contribution in [0.3, 0.4) is 0 Å². The maximum atomic E-state index is 12.2. The molecule has 0 spiro atoms. The van der Waals surface area contributed by atoms with Gasteiger partial charge in [0.05, 0.1) is 5.56 Å². The number of rotatable bonds is 12. The van der Waals surface area contributed by atoms with Crippen molar-refractivity contribution in [1.82, 2.24) is 4.90 Å². The molecular weight excluding hydrogens is 332 g/mol. The summed E-state index contributed by atoms with van der Waals surface area (Å²) in [5, 5.41) is 11.6. The van der Waals surface area contributed by atoms with Crippen LogP contribution in [0.4, 0.5) is 10.5 Å². The van der Waals surface area contributed by atoms with Crippen LogP contribution >= 0.6 is 0 Å². The van der Waals surface area contributed by atoms with Crippen molar-refractivity contribution < 1.29 is 19.4 Å². The predicted molar refractivity (Wildman–Crippen MR) is 104 cm³/mol. The number of unbranched alkanes of at least 4 members (excludes halogenated alkanes) is 2. The first-order valence-corrected chi connectivity index (χ1v) is 9.53. The molecule has 1 rings (SSSR count). The van der Waals surface area contributed by atoms with Crippen LogP contribution in [0.1, 0.15) is 63.2 Å². The number of carbonyl (C=O) groups excluding carboxylic acids is 1. The molecule has 0 aliphatic rings. The highest BCUT2D eigenvalue weighted by Crippen LogP contribution is 2.14. The van der Waals surface area contributed by atoms with Crippen LogP contribution in [-0.4, -0.2) is 47.8 Å². The monoisotopic (exact) mass is 364 g/mol.